The van der Waals surface area contributed by atoms with Gasteiger partial charge in [0.15, 0.2) is 0 Å². The van der Waals surface area contributed by atoms with Crippen molar-refractivity contribution in [3.05, 3.63) is 35.1 Å². The van der Waals surface area contributed by atoms with Crippen molar-refractivity contribution in [2.24, 2.45) is 0 Å². The summed E-state index contributed by atoms with van der Waals surface area (Å²) in [4.78, 5) is 7.97. The van der Waals surface area contributed by atoms with E-state index in [4.69, 9.17) is 11.6 Å². The van der Waals surface area contributed by atoms with Gasteiger partial charge in [-0.05, 0) is 12.1 Å². The van der Waals surface area contributed by atoms with E-state index in [0.717, 1.165) is 10.6 Å². The van der Waals surface area contributed by atoms with Crippen molar-refractivity contribution in [3.63, 3.8) is 0 Å². The Kier molecular flexibility index (Phi) is 2.06. The fraction of sp³-hybridized carbons (Fsp3) is 0. The second kappa shape index (κ2) is 3.21. The van der Waals surface area contributed by atoms with E-state index in [-0.39, 0.29) is 0 Å². The van der Waals surface area contributed by atoms with Crippen LogP contribution in [0.5, 0.6) is 0 Å². The van der Waals surface area contributed by atoms with Crippen molar-refractivity contribution in [1.82, 2.24) is 9.97 Å². The Balaban J connectivity index is 2.55. The molecule has 59 valence electrons. The van der Waals surface area contributed by atoms with E-state index in [1.807, 2.05) is 12.1 Å². The van der Waals surface area contributed by atoms with Crippen LogP contribution in [-0.2, 0) is 0 Å². The summed E-state index contributed by atoms with van der Waals surface area (Å²) in [6, 6.07) is 3.73. The van der Waals surface area contributed by atoms with Crippen LogP contribution in [-0.4, -0.2) is 9.97 Å². The summed E-state index contributed by atoms with van der Waals surface area (Å²) in [7, 11) is 0. The van der Waals surface area contributed by atoms with Crippen LogP contribution in [0.4, 0.5) is 0 Å². The molecule has 2 aromatic rings. The third-order valence-corrected chi connectivity index (χ3v) is 2.44. The minimum atomic E-state index is 0.487. The topological polar surface area (TPSA) is 25.8 Å². The lowest BCUT2D eigenvalue weighted by Crippen LogP contribution is -1.80. The minimum Gasteiger partial charge on any atom is -0.244 e. The van der Waals surface area contributed by atoms with E-state index in [0.29, 0.717) is 5.15 Å². The largest absolute Gasteiger partial charge is 0.244 e. The Morgan fingerprint density at radius 1 is 1.50 bits per heavy atom. The zero-order valence-electron chi connectivity index (χ0n) is 5.99. The second-order valence-corrected chi connectivity index (χ2v) is 3.34. The van der Waals surface area contributed by atoms with E-state index < -0.39 is 0 Å². The first-order valence-corrected chi connectivity index (χ1v) is 4.56. The predicted molar refractivity (Wildman–Crippen MR) is 49.2 cm³/mol. The lowest BCUT2D eigenvalue weighted by atomic mass is 10.3. The molecule has 0 saturated heterocycles. The van der Waals surface area contributed by atoms with Crippen LogP contribution in [0.15, 0.2) is 23.7 Å². The summed E-state index contributed by atoms with van der Waals surface area (Å²) >= 11 is 7.36. The Bertz CT molecular complexity index is 372. The van der Waals surface area contributed by atoms with E-state index in [9.17, 15) is 0 Å². The maximum atomic E-state index is 5.86. The molecule has 12 heavy (non-hydrogen) atoms. The van der Waals surface area contributed by atoms with Crippen molar-refractivity contribution in [2.75, 3.05) is 0 Å². The molecule has 2 aromatic heterocycles. The molecule has 2 heterocycles. The Hall–Kier alpha value is -0.930. The molecule has 4 heteroatoms. The summed E-state index contributed by atoms with van der Waals surface area (Å²) in [5.41, 5.74) is 0.866. The Labute approximate surface area is 78.9 Å². The standard InChI is InChI=1S/C8H4ClN2S/c9-7-6(2-1-3-10-7)8-11-4-5-12-8/h1-3,5H. The van der Waals surface area contributed by atoms with Crippen LogP contribution in [0.1, 0.15) is 0 Å². The molecule has 0 atom stereocenters. The van der Waals surface area contributed by atoms with Gasteiger partial charge < -0.3 is 0 Å². The molecule has 2 rings (SSSR count). The summed E-state index contributed by atoms with van der Waals surface area (Å²) in [6.45, 7) is 0. The highest BCUT2D eigenvalue weighted by molar-refractivity contribution is 7.13. The number of pyridine rings is 1. The number of rotatable bonds is 1. The van der Waals surface area contributed by atoms with Crippen LogP contribution >= 0.6 is 22.9 Å². The smallest absolute Gasteiger partial charge is 0.139 e. The third-order valence-electron chi connectivity index (χ3n) is 1.38. The average molecular weight is 196 g/mol. The number of aromatic nitrogens is 2. The maximum Gasteiger partial charge on any atom is 0.139 e. The van der Waals surface area contributed by atoms with Gasteiger partial charge >= 0.3 is 0 Å². The van der Waals surface area contributed by atoms with E-state index in [1.54, 1.807) is 11.6 Å². The first-order valence-electron chi connectivity index (χ1n) is 3.30. The van der Waals surface area contributed by atoms with Crippen molar-refractivity contribution >= 4 is 22.9 Å². The highest BCUT2D eigenvalue weighted by Gasteiger charge is 2.04. The van der Waals surface area contributed by atoms with Crippen LogP contribution in [0.2, 0.25) is 5.15 Å². The van der Waals surface area contributed by atoms with Gasteiger partial charge in [0.05, 0.1) is 0 Å². The van der Waals surface area contributed by atoms with Gasteiger partial charge in [0, 0.05) is 17.1 Å². The minimum absolute atomic E-state index is 0.487. The van der Waals surface area contributed by atoms with Gasteiger partial charge in [0.25, 0.3) is 0 Å². The number of halogens is 1. The van der Waals surface area contributed by atoms with E-state index in [1.165, 1.54) is 11.3 Å². The quantitative estimate of drug-likeness (QED) is 0.654. The maximum absolute atomic E-state index is 5.86. The molecule has 0 unspecified atom stereocenters. The van der Waals surface area contributed by atoms with Crippen molar-refractivity contribution in [1.29, 1.82) is 0 Å². The molecular formula is C8H4ClN2S. The lowest BCUT2D eigenvalue weighted by Gasteiger charge is -1.96. The van der Waals surface area contributed by atoms with Gasteiger partial charge in [0.2, 0.25) is 0 Å². The summed E-state index contributed by atoms with van der Waals surface area (Å²) in [5.74, 6) is 0. The number of hydrogen-bond donors (Lipinski definition) is 0. The third kappa shape index (κ3) is 1.33. The van der Waals surface area contributed by atoms with Crippen LogP contribution in [0, 0.1) is 6.20 Å². The summed E-state index contributed by atoms with van der Waals surface area (Å²) in [5, 5.41) is 3.13. The summed E-state index contributed by atoms with van der Waals surface area (Å²) < 4.78 is 0. The van der Waals surface area contributed by atoms with Gasteiger partial charge in [-0.25, -0.2) is 9.97 Å². The number of nitrogens with zero attached hydrogens (tertiary/aromatic N) is 2. The molecular weight excluding hydrogens is 192 g/mol. The molecule has 0 bridgehead atoms. The van der Waals surface area contributed by atoms with Crippen LogP contribution < -0.4 is 0 Å². The molecule has 0 saturated carbocycles. The first kappa shape index (κ1) is 7.71. The zero-order valence-corrected chi connectivity index (χ0v) is 7.56. The van der Waals surface area contributed by atoms with Crippen molar-refractivity contribution < 1.29 is 0 Å². The SMILES string of the molecule is Clc1ncccc1-c1n[c]cs1. The van der Waals surface area contributed by atoms with Gasteiger partial charge in [-0.1, -0.05) is 11.6 Å². The Morgan fingerprint density at radius 2 is 2.42 bits per heavy atom. The molecule has 1 radical (unpaired) electrons. The lowest BCUT2D eigenvalue weighted by molar-refractivity contribution is 1.31. The molecule has 0 spiro atoms. The second-order valence-electron chi connectivity index (χ2n) is 2.12. The predicted octanol–water partition coefficient (Wildman–Crippen LogP) is 2.66. The van der Waals surface area contributed by atoms with Gasteiger partial charge in [-0.15, -0.1) is 11.3 Å². The van der Waals surface area contributed by atoms with Crippen LogP contribution in [0.25, 0.3) is 10.6 Å². The first-order chi connectivity index (χ1) is 5.88. The molecule has 0 N–H and O–H groups in total. The van der Waals surface area contributed by atoms with Gasteiger partial charge in [-0.2, -0.15) is 0 Å². The molecule has 0 aliphatic carbocycles. The normalized spacial score (nSPS) is 10.1. The molecule has 0 aliphatic heterocycles. The molecule has 0 aliphatic rings. The van der Waals surface area contributed by atoms with E-state index >= 15 is 0 Å². The monoisotopic (exact) mass is 195 g/mol. The fourth-order valence-corrected chi connectivity index (χ4v) is 1.74. The molecule has 0 fully saturated rings. The van der Waals surface area contributed by atoms with E-state index in [2.05, 4.69) is 16.2 Å². The van der Waals surface area contributed by atoms with Gasteiger partial charge in [-0.3, -0.25) is 0 Å². The zero-order chi connectivity index (χ0) is 8.39. The molecule has 2 nitrogen and oxygen atoms in total. The molecule has 0 amide bonds. The van der Waals surface area contributed by atoms with Crippen LogP contribution in [0.3, 0.4) is 0 Å². The van der Waals surface area contributed by atoms with Crippen molar-refractivity contribution in [2.45, 2.75) is 0 Å². The van der Waals surface area contributed by atoms with Crippen molar-refractivity contribution in [3.8, 4) is 10.6 Å². The highest BCUT2D eigenvalue weighted by Crippen LogP contribution is 2.26. The number of thiazole rings is 1. The fourth-order valence-electron chi connectivity index (χ4n) is 0.863. The average Bonchev–Trinajstić information content (AvgIpc) is 2.57. The van der Waals surface area contributed by atoms with Gasteiger partial charge in [0.1, 0.15) is 16.4 Å². The Morgan fingerprint density at radius 3 is 3.08 bits per heavy atom. The number of hydrogen-bond acceptors (Lipinski definition) is 3. The highest BCUT2D eigenvalue weighted by atomic mass is 35.5. The molecule has 0 aromatic carbocycles. The summed E-state index contributed by atoms with van der Waals surface area (Å²) in [6.07, 6.45) is 4.39.